The second-order valence-electron chi connectivity index (χ2n) is 8.61. The van der Waals surface area contributed by atoms with E-state index < -0.39 is 35.1 Å². The third-order valence-electron chi connectivity index (χ3n) is 6.43. The van der Waals surface area contributed by atoms with Crippen molar-refractivity contribution in [2.45, 2.75) is 0 Å². The van der Waals surface area contributed by atoms with Crippen LogP contribution in [-0.4, -0.2) is 64.1 Å². The third-order valence-corrected chi connectivity index (χ3v) is 6.43. The first-order valence-electron chi connectivity index (χ1n) is 11.6. The second-order valence-corrected chi connectivity index (χ2v) is 8.61. The number of nitrogens with zero attached hydrogens (tertiary/aromatic N) is 3. The monoisotopic (exact) mass is 501 g/mol. The first-order chi connectivity index (χ1) is 17.9. The van der Waals surface area contributed by atoms with E-state index in [9.17, 15) is 28.0 Å². The maximum absolute atomic E-state index is 14.3. The summed E-state index contributed by atoms with van der Waals surface area (Å²) in [6.45, 7) is 0.467. The summed E-state index contributed by atoms with van der Waals surface area (Å²) < 4.78 is 29.4. The fourth-order valence-corrected chi connectivity index (χ4v) is 4.47. The number of ketones is 1. The lowest BCUT2D eigenvalue weighted by Crippen LogP contribution is -2.52. The Kier molecular flexibility index (Phi) is 6.35. The number of carbonyl (C=O) groups is 4. The van der Waals surface area contributed by atoms with Crippen LogP contribution in [0.5, 0.6) is 0 Å². The molecule has 7 nitrogen and oxygen atoms in total. The number of fused-ring (bicyclic) bond motifs is 1. The van der Waals surface area contributed by atoms with Gasteiger partial charge < -0.3 is 9.80 Å². The van der Waals surface area contributed by atoms with Crippen molar-refractivity contribution in [2.75, 3.05) is 26.2 Å². The molecular formula is C28H21F2N3O4. The number of amides is 2. The Labute approximate surface area is 210 Å². The van der Waals surface area contributed by atoms with E-state index in [1.54, 1.807) is 30.3 Å². The van der Waals surface area contributed by atoms with Crippen molar-refractivity contribution in [3.8, 4) is 0 Å². The summed E-state index contributed by atoms with van der Waals surface area (Å²) in [7, 11) is 0. The van der Waals surface area contributed by atoms with Crippen LogP contribution in [0.4, 0.5) is 8.78 Å². The van der Waals surface area contributed by atoms with Crippen molar-refractivity contribution in [2.24, 2.45) is 0 Å². The van der Waals surface area contributed by atoms with Crippen molar-refractivity contribution < 1.29 is 28.0 Å². The summed E-state index contributed by atoms with van der Waals surface area (Å²) in [5, 5.41) is 0.388. The molecule has 0 aliphatic carbocycles. The molecule has 2 heterocycles. The molecule has 0 radical (unpaired) electrons. The molecule has 0 unspecified atom stereocenters. The van der Waals surface area contributed by atoms with Crippen molar-refractivity contribution in [1.29, 1.82) is 0 Å². The molecule has 37 heavy (non-hydrogen) atoms. The van der Waals surface area contributed by atoms with Crippen molar-refractivity contribution >= 4 is 34.4 Å². The Bertz CT molecular complexity index is 1550. The van der Waals surface area contributed by atoms with Crippen LogP contribution in [0.25, 0.3) is 10.9 Å². The highest BCUT2D eigenvalue weighted by Gasteiger charge is 2.31. The van der Waals surface area contributed by atoms with Gasteiger partial charge in [0.2, 0.25) is 0 Å². The van der Waals surface area contributed by atoms with Crippen LogP contribution in [-0.2, 0) is 4.79 Å². The molecule has 1 aliphatic rings. The summed E-state index contributed by atoms with van der Waals surface area (Å²) in [5.74, 6) is -4.06. The molecule has 2 amide bonds. The molecule has 186 valence electrons. The number of benzene rings is 3. The number of Topliss-reactive ketones (excluding diaryl/α,β-unsaturated/α-hetero) is 1. The molecule has 9 heteroatoms. The SMILES string of the molecule is O=C(C(=O)N1CCN(C(=O)c2ccccc2F)CC1)c1cn(C(=O)c2ccccc2F)c2ccccc12. The van der Waals surface area contributed by atoms with E-state index >= 15 is 0 Å². The quantitative estimate of drug-likeness (QED) is 0.315. The molecule has 3 aromatic carbocycles. The highest BCUT2D eigenvalue weighted by molar-refractivity contribution is 6.45. The molecule has 0 spiro atoms. The zero-order valence-electron chi connectivity index (χ0n) is 19.6. The number of hydrogen-bond donors (Lipinski definition) is 0. The molecular weight excluding hydrogens is 480 g/mol. The predicted molar refractivity (Wildman–Crippen MR) is 131 cm³/mol. The van der Waals surface area contributed by atoms with Gasteiger partial charge in [0.15, 0.2) is 0 Å². The van der Waals surface area contributed by atoms with Gasteiger partial charge in [0.25, 0.3) is 23.5 Å². The lowest BCUT2D eigenvalue weighted by Gasteiger charge is -2.34. The molecule has 0 bridgehead atoms. The first-order valence-corrected chi connectivity index (χ1v) is 11.6. The summed E-state index contributed by atoms with van der Waals surface area (Å²) in [5.41, 5.74) is 0.178. The Morgan fingerprint density at radius 3 is 1.73 bits per heavy atom. The minimum atomic E-state index is -0.815. The minimum Gasteiger partial charge on any atom is -0.335 e. The van der Waals surface area contributed by atoms with Gasteiger partial charge in [0.1, 0.15) is 11.6 Å². The molecule has 0 N–H and O–H groups in total. The Morgan fingerprint density at radius 2 is 1.11 bits per heavy atom. The van der Waals surface area contributed by atoms with Crippen LogP contribution in [0.1, 0.15) is 31.1 Å². The molecule has 5 rings (SSSR count). The van der Waals surface area contributed by atoms with E-state index in [0.29, 0.717) is 10.9 Å². The number of para-hydroxylation sites is 1. The van der Waals surface area contributed by atoms with E-state index in [1.165, 1.54) is 63.0 Å². The van der Waals surface area contributed by atoms with E-state index in [0.717, 1.165) is 0 Å². The maximum Gasteiger partial charge on any atom is 0.295 e. The van der Waals surface area contributed by atoms with E-state index in [2.05, 4.69) is 0 Å². The van der Waals surface area contributed by atoms with Gasteiger partial charge in [-0.1, -0.05) is 42.5 Å². The van der Waals surface area contributed by atoms with Gasteiger partial charge >= 0.3 is 0 Å². The summed E-state index contributed by atoms with van der Waals surface area (Å²) >= 11 is 0. The van der Waals surface area contributed by atoms with Crippen molar-refractivity contribution in [3.63, 3.8) is 0 Å². The topological polar surface area (TPSA) is 79.7 Å². The Hall–Kier alpha value is -4.66. The fraction of sp³-hybridized carbons (Fsp3) is 0.143. The van der Waals surface area contributed by atoms with Gasteiger partial charge in [-0.15, -0.1) is 0 Å². The van der Waals surface area contributed by atoms with E-state index in [4.69, 9.17) is 0 Å². The van der Waals surface area contributed by atoms with E-state index in [1.807, 2.05) is 0 Å². The van der Waals surface area contributed by atoms with Crippen LogP contribution in [0.2, 0.25) is 0 Å². The Morgan fingerprint density at radius 1 is 0.595 bits per heavy atom. The number of rotatable bonds is 4. The summed E-state index contributed by atoms with van der Waals surface area (Å²) in [4.78, 5) is 54.9. The average Bonchev–Trinajstić information content (AvgIpc) is 3.32. The predicted octanol–water partition coefficient (Wildman–Crippen LogP) is 3.78. The fourth-order valence-electron chi connectivity index (χ4n) is 4.47. The zero-order valence-corrected chi connectivity index (χ0v) is 19.6. The molecule has 0 saturated carbocycles. The molecule has 4 aromatic rings. The highest BCUT2D eigenvalue weighted by Crippen LogP contribution is 2.24. The molecule has 0 atom stereocenters. The summed E-state index contributed by atoms with van der Waals surface area (Å²) in [6.07, 6.45) is 1.26. The highest BCUT2D eigenvalue weighted by atomic mass is 19.1. The summed E-state index contributed by atoms with van der Waals surface area (Å²) in [6, 6.07) is 17.8. The van der Waals surface area contributed by atoms with Crippen molar-refractivity contribution in [1.82, 2.24) is 14.4 Å². The minimum absolute atomic E-state index is 0.0233. The standard InChI is InChI=1S/C28H21F2N3O4/c29-22-10-4-1-8-19(22)26(35)31-13-15-32(16-14-31)28(37)25(34)21-17-33(24-12-6-3-7-18(21)24)27(36)20-9-2-5-11-23(20)30/h1-12,17H,13-16H2. The molecule has 1 aliphatic heterocycles. The van der Waals surface area contributed by atoms with Crippen LogP contribution in [0.15, 0.2) is 79.0 Å². The lowest BCUT2D eigenvalue weighted by molar-refractivity contribution is -0.127. The van der Waals surface area contributed by atoms with Crippen LogP contribution >= 0.6 is 0 Å². The van der Waals surface area contributed by atoms with Gasteiger partial charge in [0.05, 0.1) is 22.2 Å². The van der Waals surface area contributed by atoms with Crippen LogP contribution in [0.3, 0.4) is 0 Å². The number of hydrogen-bond acceptors (Lipinski definition) is 4. The van der Waals surface area contributed by atoms with Crippen LogP contribution < -0.4 is 0 Å². The zero-order chi connectivity index (χ0) is 26.1. The van der Waals surface area contributed by atoms with Gasteiger partial charge in [-0.3, -0.25) is 23.7 Å². The van der Waals surface area contributed by atoms with Crippen LogP contribution in [0, 0.1) is 11.6 Å². The van der Waals surface area contributed by atoms with Crippen molar-refractivity contribution in [3.05, 3.63) is 107 Å². The number of piperazine rings is 1. The largest absolute Gasteiger partial charge is 0.335 e. The molecule has 1 saturated heterocycles. The number of halogens is 2. The first kappa shape index (κ1) is 24.1. The van der Waals surface area contributed by atoms with E-state index in [-0.39, 0.29) is 42.9 Å². The Balaban J connectivity index is 1.36. The lowest BCUT2D eigenvalue weighted by atomic mass is 10.1. The van der Waals surface area contributed by atoms with Gasteiger partial charge in [0, 0.05) is 37.8 Å². The average molecular weight is 501 g/mol. The smallest absolute Gasteiger partial charge is 0.295 e. The number of aromatic nitrogens is 1. The second kappa shape index (κ2) is 9.77. The molecule has 1 aromatic heterocycles. The normalized spacial score (nSPS) is 13.6. The third kappa shape index (κ3) is 4.40. The molecule has 1 fully saturated rings. The van der Waals surface area contributed by atoms with Gasteiger partial charge in [-0.25, -0.2) is 8.78 Å². The van der Waals surface area contributed by atoms with Gasteiger partial charge in [-0.2, -0.15) is 0 Å². The maximum atomic E-state index is 14.3. The van der Waals surface area contributed by atoms with Gasteiger partial charge in [-0.05, 0) is 30.3 Å². The number of carbonyl (C=O) groups excluding carboxylic acids is 4.